The Morgan fingerprint density at radius 1 is 1.35 bits per heavy atom. The molecular formula is C17H25ClF3IN4. The van der Waals surface area contributed by atoms with Gasteiger partial charge in [-0.25, -0.2) is 13.2 Å². The highest BCUT2D eigenvalue weighted by molar-refractivity contribution is 14.0. The normalized spacial score (nSPS) is 16.5. The summed E-state index contributed by atoms with van der Waals surface area (Å²) in [5.41, 5.74) is 0.479. The van der Waals surface area contributed by atoms with Gasteiger partial charge in [-0.05, 0) is 31.4 Å². The molecule has 1 aromatic carbocycles. The molecule has 1 fully saturated rings. The van der Waals surface area contributed by atoms with E-state index in [1.54, 1.807) is 24.1 Å². The fraction of sp³-hybridized carbons (Fsp3) is 0.588. The largest absolute Gasteiger partial charge is 0.356 e. The van der Waals surface area contributed by atoms with Gasteiger partial charge in [0.15, 0.2) is 5.96 Å². The average Bonchev–Trinajstić information content (AvgIpc) is 2.57. The predicted molar refractivity (Wildman–Crippen MR) is 110 cm³/mol. The summed E-state index contributed by atoms with van der Waals surface area (Å²) in [5.74, 6) is 0.309. The minimum atomic E-state index is -2.29. The van der Waals surface area contributed by atoms with Crippen molar-refractivity contribution in [2.75, 3.05) is 33.2 Å². The first-order valence-electron chi connectivity index (χ1n) is 8.40. The molecule has 0 unspecified atom stereocenters. The summed E-state index contributed by atoms with van der Waals surface area (Å²) in [6, 6.07) is 4.83. The number of piperidine rings is 1. The van der Waals surface area contributed by atoms with Gasteiger partial charge in [0, 0.05) is 43.3 Å². The van der Waals surface area contributed by atoms with Crippen LogP contribution in [-0.4, -0.2) is 56.6 Å². The molecule has 26 heavy (non-hydrogen) atoms. The number of aliphatic imine (C=N–C) groups is 1. The molecule has 0 radical (unpaired) electrons. The Hall–Kier alpha value is -0.740. The number of nitrogens with one attached hydrogen (secondary N) is 2. The summed E-state index contributed by atoms with van der Waals surface area (Å²) < 4.78 is 38.5. The van der Waals surface area contributed by atoms with Gasteiger partial charge in [-0.3, -0.25) is 9.89 Å². The monoisotopic (exact) mass is 504 g/mol. The molecule has 0 aromatic heterocycles. The van der Waals surface area contributed by atoms with E-state index in [-0.39, 0.29) is 42.4 Å². The van der Waals surface area contributed by atoms with E-state index in [1.807, 2.05) is 0 Å². The highest BCUT2D eigenvalue weighted by atomic mass is 127. The van der Waals surface area contributed by atoms with Gasteiger partial charge in [-0.1, -0.05) is 17.7 Å². The first-order valence-corrected chi connectivity index (χ1v) is 8.78. The van der Waals surface area contributed by atoms with Crippen LogP contribution in [0.3, 0.4) is 0 Å². The van der Waals surface area contributed by atoms with Crippen molar-refractivity contribution in [3.8, 4) is 0 Å². The maximum absolute atomic E-state index is 13.7. The number of alkyl halides is 2. The summed E-state index contributed by atoms with van der Waals surface area (Å²) in [6.45, 7) is 1.61. The molecule has 1 aromatic rings. The van der Waals surface area contributed by atoms with Crippen LogP contribution in [0.15, 0.2) is 23.2 Å². The standard InChI is InChI=1S/C17H24ClF3N4.HI/c1-22-17(23-8-5-13-14(18)3-2-4-15(13)19)24-12-6-9-25(10-7-12)11-16(20)21;/h2-4,12,16H,5-11H2,1H3,(H2,22,23,24);1H. The van der Waals surface area contributed by atoms with Crippen LogP contribution in [0, 0.1) is 5.82 Å². The molecule has 4 nitrogen and oxygen atoms in total. The van der Waals surface area contributed by atoms with Gasteiger partial charge in [0.05, 0.1) is 6.54 Å². The number of nitrogens with zero attached hydrogens (tertiary/aromatic N) is 2. The van der Waals surface area contributed by atoms with Crippen LogP contribution < -0.4 is 10.6 Å². The maximum Gasteiger partial charge on any atom is 0.251 e. The Bertz CT molecular complexity index is 561. The lowest BCUT2D eigenvalue weighted by Gasteiger charge is -2.32. The molecule has 0 saturated carbocycles. The van der Waals surface area contributed by atoms with E-state index in [9.17, 15) is 13.2 Å². The molecule has 0 spiro atoms. The summed E-state index contributed by atoms with van der Waals surface area (Å²) in [5, 5.41) is 6.85. The third-order valence-electron chi connectivity index (χ3n) is 4.28. The molecule has 0 bridgehead atoms. The maximum atomic E-state index is 13.7. The van der Waals surface area contributed by atoms with Crippen molar-refractivity contribution in [2.24, 2.45) is 4.99 Å². The van der Waals surface area contributed by atoms with Gasteiger partial charge >= 0.3 is 0 Å². The zero-order valence-corrected chi connectivity index (χ0v) is 17.7. The molecule has 0 amide bonds. The number of benzene rings is 1. The van der Waals surface area contributed by atoms with Crippen molar-refractivity contribution < 1.29 is 13.2 Å². The molecule has 1 heterocycles. The van der Waals surface area contributed by atoms with Crippen molar-refractivity contribution in [1.82, 2.24) is 15.5 Å². The topological polar surface area (TPSA) is 39.7 Å². The van der Waals surface area contributed by atoms with E-state index in [2.05, 4.69) is 15.6 Å². The van der Waals surface area contributed by atoms with Crippen molar-refractivity contribution in [3.05, 3.63) is 34.6 Å². The van der Waals surface area contributed by atoms with Crippen molar-refractivity contribution in [3.63, 3.8) is 0 Å². The summed E-state index contributed by atoms with van der Waals surface area (Å²) in [7, 11) is 1.66. The zero-order chi connectivity index (χ0) is 18.2. The molecule has 2 N–H and O–H groups in total. The predicted octanol–water partition coefficient (Wildman–Crippen LogP) is 3.53. The second kappa shape index (κ2) is 11.9. The summed E-state index contributed by atoms with van der Waals surface area (Å²) in [4.78, 5) is 5.94. The van der Waals surface area contributed by atoms with Crippen LogP contribution in [-0.2, 0) is 6.42 Å². The lowest BCUT2D eigenvalue weighted by atomic mass is 10.1. The average molecular weight is 505 g/mol. The van der Waals surface area contributed by atoms with E-state index >= 15 is 0 Å². The number of rotatable bonds is 6. The van der Waals surface area contributed by atoms with Crippen LogP contribution in [0.2, 0.25) is 5.02 Å². The smallest absolute Gasteiger partial charge is 0.251 e. The van der Waals surface area contributed by atoms with E-state index in [1.165, 1.54) is 6.07 Å². The van der Waals surface area contributed by atoms with Gasteiger partial charge < -0.3 is 10.6 Å². The van der Waals surface area contributed by atoms with Gasteiger partial charge in [0.1, 0.15) is 5.82 Å². The molecule has 0 aliphatic carbocycles. The van der Waals surface area contributed by atoms with Crippen LogP contribution in [0.1, 0.15) is 18.4 Å². The quantitative estimate of drug-likeness (QED) is 0.354. The Labute approximate surface area is 174 Å². The fourth-order valence-electron chi connectivity index (χ4n) is 2.92. The van der Waals surface area contributed by atoms with Crippen molar-refractivity contribution in [2.45, 2.75) is 31.7 Å². The van der Waals surface area contributed by atoms with Gasteiger partial charge in [0.2, 0.25) is 0 Å². The highest BCUT2D eigenvalue weighted by Crippen LogP contribution is 2.19. The molecule has 148 valence electrons. The van der Waals surface area contributed by atoms with Gasteiger partial charge in [0.25, 0.3) is 6.43 Å². The first kappa shape index (κ1) is 23.3. The number of likely N-dealkylation sites (tertiary alicyclic amines) is 1. The van der Waals surface area contributed by atoms with E-state index < -0.39 is 6.43 Å². The molecule has 1 aliphatic heterocycles. The van der Waals surface area contributed by atoms with Crippen molar-refractivity contribution >= 4 is 41.5 Å². The van der Waals surface area contributed by atoms with Gasteiger partial charge in [-0.2, -0.15) is 0 Å². The fourth-order valence-corrected chi connectivity index (χ4v) is 3.18. The van der Waals surface area contributed by atoms with Crippen LogP contribution in [0.5, 0.6) is 0 Å². The molecule has 0 atom stereocenters. The first-order chi connectivity index (χ1) is 12.0. The molecule has 9 heteroatoms. The molecule has 1 aliphatic rings. The molecule has 1 saturated heterocycles. The lowest BCUT2D eigenvalue weighted by Crippen LogP contribution is -2.49. The number of hydrogen-bond donors (Lipinski definition) is 2. The Balaban J connectivity index is 0.00000338. The lowest BCUT2D eigenvalue weighted by molar-refractivity contribution is 0.0744. The van der Waals surface area contributed by atoms with E-state index in [4.69, 9.17) is 11.6 Å². The minimum absolute atomic E-state index is 0. The number of hydrogen-bond acceptors (Lipinski definition) is 2. The molecule has 2 rings (SSSR count). The van der Waals surface area contributed by atoms with Crippen molar-refractivity contribution in [1.29, 1.82) is 0 Å². The number of guanidine groups is 1. The number of halogens is 5. The zero-order valence-electron chi connectivity index (χ0n) is 14.7. The van der Waals surface area contributed by atoms with E-state index in [0.29, 0.717) is 42.6 Å². The third-order valence-corrected chi connectivity index (χ3v) is 4.63. The van der Waals surface area contributed by atoms with Crippen LogP contribution in [0.4, 0.5) is 13.2 Å². The SMILES string of the molecule is CN=C(NCCc1c(F)cccc1Cl)NC1CCN(CC(F)F)CC1.I. The minimum Gasteiger partial charge on any atom is -0.356 e. The Morgan fingerprint density at radius 3 is 2.62 bits per heavy atom. The second-order valence-corrected chi connectivity index (χ2v) is 6.47. The Kier molecular flexibility index (Phi) is 10.6. The van der Waals surface area contributed by atoms with Crippen LogP contribution >= 0.6 is 35.6 Å². The van der Waals surface area contributed by atoms with Crippen LogP contribution in [0.25, 0.3) is 0 Å². The van der Waals surface area contributed by atoms with Gasteiger partial charge in [-0.15, -0.1) is 24.0 Å². The molecular weight excluding hydrogens is 480 g/mol. The summed E-state index contributed by atoms with van der Waals surface area (Å²) >= 11 is 6.01. The second-order valence-electron chi connectivity index (χ2n) is 6.06. The third kappa shape index (κ3) is 7.48. The van der Waals surface area contributed by atoms with E-state index in [0.717, 1.165) is 12.8 Å². The highest BCUT2D eigenvalue weighted by Gasteiger charge is 2.21. The Morgan fingerprint density at radius 2 is 2.04 bits per heavy atom. The summed E-state index contributed by atoms with van der Waals surface area (Å²) in [6.07, 6.45) is -0.276.